The first kappa shape index (κ1) is 11.4. The molecular formula is C10H10F2O3. The maximum Gasteiger partial charge on any atom is 0.310 e. The lowest BCUT2D eigenvalue weighted by atomic mass is 10.1. The molecule has 0 radical (unpaired) electrons. The lowest BCUT2D eigenvalue weighted by molar-refractivity contribution is -0.142. The number of esters is 1. The maximum absolute atomic E-state index is 13.1. The van der Waals surface area contributed by atoms with E-state index in [1.54, 1.807) is 6.92 Å². The number of phenolic OH excluding ortho intramolecular Hbond substituents is 1. The van der Waals surface area contributed by atoms with E-state index in [0.717, 1.165) is 12.1 Å². The number of carbonyl (C=O) groups is 1. The molecule has 0 heterocycles. The number of phenols is 1. The summed E-state index contributed by atoms with van der Waals surface area (Å²) < 4.78 is 30.4. The van der Waals surface area contributed by atoms with E-state index >= 15 is 0 Å². The van der Waals surface area contributed by atoms with Crippen molar-refractivity contribution in [3.8, 4) is 5.75 Å². The van der Waals surface area contributed by atoms with Crippen molar-refractivity contribution in [3.05, 3.63) is 29.3 Å². The van der Waals surface area contributed by atoms with E-state index in [1.807, 2.05) is 0 Å². The molecule has 5 heteroatoms. The molecule has 0 aliphatic heterocycles. The van der Waals surface area contributed by atoms with E-state index < -0.39 is 29.8 Å². The molecule has 1 rings (SSSR count). The Balaban J connectivity index is 2.93. The molecule has 0 fully saturated rings. The van der Waals surface area contributed by atoms with Gasteiger partial charge in [0.1, 0.15) is 5.75 Å². The highest BCUT2D eigenvalue weighted by molar-refractivity contribution is 5.73. The molecule has 0 atom stereocenters. The molecule has 0 spiro atoms. The first-order valence-corrected chi connectivity index (χ1v) is 4.37. The van der Waals surface area contributed by atoms with Crippen molar-refractivity contribution in [2.24, 2.45) is 0 Å². The molecule has 3 nitrogen and oxygen atoms in total. The van der Waals surface area contributed by atoms with Gasteiger partial charge in [-0.15, -0.1) is 0 Å². The molecule has 82 valence electrons. The summed E-state index contributed by atoms with van der Waals surface area (Å²) >= 11 is 0. The fourth-order valence-corrected chi connectivity index (χ4v) is 1.11. The Bertz CT molecular complexity index is 377. The van der Waals surface area contributed by atoms with Crippen LogP contribution in [0.4, 0.5) is 8.78 Å². The van der Waals surface area contributed by atoms with E-state index in [4.69, 9.17) is 0 Å². The van der Waals surface area contributed by atoms with Crippen molar-refractivity contribution >= 4 is 5.97 Å². The van der Waals surface area contributed by atoms with Crippen LogP contribution in [0.1, 0.15) is 12.5 Å². The predicted molar refractivity (Wildman–Crippen MR) is 48.4 cm³/mol. The van der Waals surface area contributed by atoms with Crippen LogP contribution in [0.15, 0.2) is 12.1 Å². The minimum absolute atomic E-state index is 0.149. The Morgan fingerprint density at radius 2 is 2.13 bits per heavy atom. The van der Waals surface area contributed by atoms with Gasteiger partial charge in [0.05, 0.1) is 13.0 Å². The van der Waals surface area contributed by atoms with Gasteiger partial charge in [-0.3, -0.25) is 4.79 Å². The van der Waals surface area contributed by atoms with Gasteiger partial charge >= 0.3 is 5.97 Å². The number of benzene rings is 1. The van der Waals surface area contributed by atoms with Gasteiger partial charge in [-0.05, 0) is 19.1 Å². The molecule has 1 aromatic carbocycles. The quantitative estimate of drug-likeness (QED) is 0.783. The maximum atomic E-state index is 13.1. The van der Waals surface area contributed by atoms with Crippen LogP contribution in [-0.2, 0) is 16.0 Å². The Morgan fingerprint density at radius 1 is 1.47 bits per heavy atom. The summed E-state index contributed by atoms with van der Waals surface area (Å²) in [6.07, 6.45) is -0.483. The smallest absolute Gasteiger partial charge is 0.310 e. The summed E-state index contributed by atoms with van der Waals surface area (Å²) in [6, 6.07) is 1.78. The zero-order valence-electron chi connectivity index (χ0n) is 8.09. The molecule has 0 saturated heterocycles. The van der Waals surface area contributed by atoms with Crippen LogP contribution in [0.3, 0.4) is 0 Å². The third-order valence-electron chi connectivity index (χ3n) is 1.80. The fraction of sp³-hybridized carbons (Fsp3) is 0.300. The molecule has 0 aromatic heterocycles. The molecule has 0 aliphatic carbocycles. The fourth-order valence-electron chi connectivity index (χ4n) is 1.11. The van der Waals surface area contributed by atoms with Crippen molar-refractivity contribution in [1.82, 2.24) is 0 Å². The van der Waals surface area contributed by atoms with Crippen LogP contribution < -0.4 is 0 Å². The molecule has 15 heavy (non-hydrogen) atoms. The van der Waals surface area contributed by atoms with Gasteiger partial charge in [0.15, 0.2) is 11.6 Å². The van der Waals surface area contributed by atoms with Gasteiger partial charge in [0.25, 0.3) is 0 Å². The summed E-state index contributed by atoms with van der Waals surface area (Å²) in [4.78, 5) is 11.0. The van der Waals surface area contributed by atoms with Crippen LogP contribution in [0.25, 0.3) is 0 Å². The minimum atomic E-state index is -1.22. The van der Waals surface area contributed by atoms with Crippen molar-refractivity contribution in [2.75, 3.05) is 6.61 Å². The van der Waals surface area contributed by atoms with Crippen molar-refractivity contribution in [3.63, 3.8) is 0 Å². The number of hydrogen-bond acceptors (Lipinski definition) is 3. The summed E-state index contributed by atoms with van der Waals surface area (Å²) in [5, 5.41) is 9.22. The number of ether oxygens (including phenoxy) is 1. The second kappa shape index (κ2) is 4.72. The third-order valence-corrected chi connectivity index (χ3v) is 1.80. The number of aromatic hydroxyl groups is 1. The van der Waals surface area contributed by atoms with Crippen LogP contribution >= 0.6 is 0 Å². The van der Waals surface area contributed by atoms with Gasteiger partial charge in [0, 0.05) is 5.56 Å². The highest BCUT2D eigenvalue weighted by atomic mass is 19.2. The zero-order valence-corrected chi connectivity index (χ0v) is 8.09. The average molecular weight is 216 g/mol. The molecular weight excluding hydrogens is 206 g/mol. The Morgan fingerprint density at radius 3 is 2.73 bits per heavy atom. The second-order valence-electron chi connectivity index (χ2n) is 2.84. The first-order valence-electron chi connectivity index (χ1n) is 4.37. The lowest BCUT2D eigenvalue weighted by Gasteiger charge is -2.06. The standard InChI is InChI=1S/C10H10F2O3/c1-2-15-9(14)5-6-8(13)4-3-7(11)10(6)12/h3-4,13H,2,5H2,1H3. The average Bonchev–Trinajstić information content (AvgIpc) is 2.19. The van der Waals surface area contributed by atoms with Crippen LogP contribution in [0, 0.1) is 11.6 Å². The first-order chi connectivity index (χ1) is 7.06. The number of carbonyl (C=O) groups excluding carboxylic acids is 1. The molecule has 1 N–H and O–H groups in total. The molecule has 0 saturated carbocycles. The highest BCUT2D eigenvalue weighted by Crippen LogP contribution is 2.23. The van der Waals surface area contributed by atoms with Crippen LogP contribution in [-0.4, -0.2) is 17.7 Å². The second-order valence-corrected chi connectivity index (χ2v) is 2.84. The normalized spacial score (nSPS) is 10.1. The monoisotopic (exact) mass is 216 g/mol. The van der Waals surface area contributed by atoms with Gasteiger partial charge in [-0.1, -0.05) is 0 Å². The highest BCUT2D eigenvalue weighted by Gasteiger charge is 2.16. The summed E-state index contributed by atoms with van der Waals surface area (Å²) in [5.74, 6) is -3.49. The third kappa shape index (κ3) is 2.65. The van der Waals surface area contributed by atoms with Crippen LogP contribution in [0.5, 0.6) is 5.75 Å². The number of halogens is 2. The van der Waals surface area contributed by atoms with Crippen LogP contribution in [0.2, 0.25) is 0 Å². The summed E-state index contributed by atoms with van der Waals surface area (Å²) in [6.45, 7) is 1.75. The molecule has 0 amide bonds. The van der Waals surface area contributed by atoms with E-state index in [0.29, 0.717) is 0 Å². The largest absolute Gasteiger partial charge is 0.508 e. The number of hydrogen-bond donors (Lipinski definition) is 1. The van der Waals surface area contributed by atoms with Gasteiger partial charge in [-0.25, -0.2) is 8.78 Å². The predicted octanol–water partition coefficient (Wildman–Crippen LogP) is 1.78. The van der Waals surface area contributed by atoms with E-state index in [2.05, 4.69) is 4.74 Å². The van der Waals surface area contributed by atoms with E-state index in [-0.39, 0.29) is 12.2 Å². The summed E-state index contributed by atoms with van der Waals surface area (Å²) in [7, 11) is 0. The van der Waals surface area contributed by atoms with E-state index in [1.165, 1.54) is 0 Å². The minimum Gasteiger partial charge on any atom is -0.508 e. The molecule has 0 aliphatic rings. The topological polar surface area (TPSA) is 46.5 Å². The molecule has 1 aromatic rings. The lowest BCUT2D eigenvalue weighted by Crippen LogP contribution is -2.09. The number of rotatable bonds is 3. The molecule has 0 bridgehead atoms. The van der Waals surface area contributed by atoms with Crippen molar-refractivity contribution in [1.29, 1.82) is 0 Å². The van der Waals surface area contributed by atoms with E-state index in [9.17, 15) is 18.7 Å². The van der Waals surface area contributed by atoms with Gasteiger partial charge < -0.3 is 9.84 Å². The van der Waals surface area contributed by atoms with Crippen molar-refractivity contribution in [2.45, 2.75) is 13.3 Å². The zero-order chi connectivity index (χ0) is 11.4. The van der Waals surface area contributed by atoms with Crippen molar-refractivity contribution < 1.29 is 23.4 Å². The van der Waals surface area contributed by atoms with Gasteiger partial charge in [0.2, 0.25) is 0 Å². The summed E-state index contributed by atoms with van der Waals surface area (Å²) in [5.41, 5.74) is -0.381. The molecule has 0 unspecified atom stereocenters. The Labute approximate surface area is 85.3 Å². The SMILES string of the molecule is CCOC(=O)Cc1c(O)ccc(F)c1F. The Hall–Kier alpha value is -1.65. The van der Waals surface area contributed by atoms with Gasteiger partial charge in [-0.2, -0.15) is 0 Å². The Kier molecular flexibility index (Phi) is 3.60.